The minimum Gasteiger partial charge on any atom is -0.479 e. The Kier molecular flexibility index (Phi) is 9.84. The summed E-state index contributed by atoms with van der Waals surface area (Å²) in [5.74, 6) is -2.63. The lowest BCUT2D eigenvalue weighted by atomic mass is 10.0. The van der Waals surface area contributed by atoms with Crippen molar-refractivity contribution >= 4 is 29.6 Å². The van der Waals surface area contributed by atoms with Crippen molar-refractivity contribution in [1.29, 1.82) is 0 Å². The molecule has 13 heteroatoms. The van der Waals surface area contributed by atoms with E-state index in [9.17, 15) is 19.5 Å². The molecule has 0 aliphatic carbocycles. The normalized spacial score (nSPS) is 11.6. The summed E-state index contributed by atoms with van der Waals surface area (Å²) in [7, 11) is 0. The van der Waals surface area contributed by atoms with E-state index >= 15 is 0 Å². The summed E-state index contributed by atoms with van der Waals surface area (Å²) in [6.07, 6.45) is -2.70. The van der Waals surface area contributed by atoms with Crippen LogP contribution < -0.4 is 10.2 Å². The first-order valence-electron chi connectivity index (χ1n) is 11.0. The SMILES string of the molecule is CCOC(=O)OCOc1cc(C(=O)NN(Cc2ccc(-c3cccc(Cl)c3)cc2)C[C@@H](O)C(=O)O)on1. The molecule has 0 aliphatic heterocycles. The van der Waals surface area contributed by atoms with Gasteiger partial charge in [-0.15, -0.1) is 0 Å². The summed E-state index contributed by atoms with van der Waals surface area (Å²) in [5.41, 5.74) is 5.04. The molecular weight excluding hydrogens is 510 g/mol. The zero-order valence-corrected chi connectivity index (χ0v) is 20.4. The smallest absolute Gasteiger partial charge is 0.479 e. The first kappa shape index (κ1) is 27.5. The average Bonchev–Trinajstić information content (AvgIpc) is 3.33. The third kappa shape index (κ3) is 8.49. The molecule has 2 aromatic carbocycles. The van der Waals surface area contributed by atoms with Crippen molar-refractivity contribution in [1.82, 2.24) is 15.6 Å². The Morgan fingerprint density at radius 1 is 1.11 bits per heavy atom. The molecule has 1 heterocycles. The maximum absolute atomic E-state index is 12.7. The molecule has 3 N–H and O–H groups in total. The molecule has 0 aliphatic rings. The molecule has 0 spiro atoms. The predicted molar refractivity (Wildman–Crippen MR) is 129 cm³/mol. The van der Waals surface area contributed by atoms with Crippen LogP contribution in [0.1, 0.15) is 23.0 Å². The molecular formula is C24H24ClN3O9. The lowest BCUT2D eigenvalue weighted by molar-refractivity contribution is -0.148. The first-order valence-corrected chi connectivity index (χ1v) is 11.3. The average molecular weight is 534 g/mol. The van der Waals surface area contributed by atoms with E-state index in [0.29, 0.717) is 5.02 Å². The second-order valence-electron chi connectivity index (χ2n) is 7.50. The number of carbonyl (C=O) groups excluding carboxylic acids is 2. The molecule has 0 saturated carbocycles. The molecule has 1 amide bonds. The van der Waals surface area contributed by atoms with Gasteiger partial charge < -0.3 is 28.9 Å². The molecule has 0 radical (unpaired) electrons. The van der Waals surface area contributed by atoms with Gasteiger partial charge in [0.1, 0.15) is 0 Å². The van der Waals surface area contributed by atoms with Crippen molar-refractivity contribution in [2.75, 3.05) is 19.9 Å². The van der Waals surface area contributed by atoms with Gasteiger partial charge in [-0.05, 0) is 40.9 Å². The largest absolute Gasteiger partial charge is 0.511 e. The van der Waals surface area contributed by atoms with Crippen LogP contribution in [0.4, 0.5) is 4.79 Å². The number of nitrogens with one attached hydrogen (secondary N) is 1. The molecule has 3 aromatic rings. The van der Waals surface area contributed by atoms with Crippen LogP contribution in [0.5, 0.6) is 5.88 Å². The van der Waals surface area contributed by atoms with Crippen LogP contribution in [0.25, 0.3) is 11.1 Å². The van der Waals surface area contributed by atoms with Crippen LogP contribution in [0.15, 0.2) is 59.1 Å². The fraction of sp³-hybridized carbons (Fsp3) is 0.250. The van der Waals surface area contributed by atoms with Crippen LogP contribution in [0.2, 0.25) is 5.02 Å². The van der Waals surface area contributed by atoms with Crippen LogP contribution in [0.3, 0.4) is 0 Å². The highest BCUT2D eigenvalue weighted by Gasteiger charge is 2.22. The summed E-state index contributed by atoms with van der Waals surface area (Å²) < 4.78 is 19.2. The van der Waals surface area contributed by atoms with Crippen molar-refractivity contribution in [3.8, 4) is 17.0 Å². The zero-order chi connectivity index (χ0) is 26.8. The lowest BCUT2D eigenvalue weighted by Gasteiger charge is -2.24. The second-order valence-corrected chi connectivity index (χ2v) is 7.94. The van der Waals surface area contributed by atoms with Crippen molar-refractivity contribution in [2.24, 2.45) is 0 Å². The Balaban J connectivity index is 1.64. The van der Waals surface area contributed by atoms with E-state index in [2.05, 4.69) is 20.1 Å². The van der Waals surface area contributed by atoms with Gasteiger partial charge in [-0.2, -0.15) is 0 Å². The van der Waals surface area contributed by atoms with Crippen molar-refractivity contribution in [3.05, 3.63) is 70.9 Å². The number of carbonyl (C=O) groups is 3. The quantitative estimate of drug-likeness (QED) is 0.178. The summed E-state index contributed by atoms with van der Waals surface area (Å²) in [5, 5.41) is 24.3. The minimum absolute atomic E-state index is 0.0663. The van der Waals surface area contributed by atoms with Crippen LogP contribution in [0, 0.1) is 0 Å². The zero-order valence-electron chi connectivity index (χ0n) is 19.6. The summed E-state index contributed by atoms with van der Waals surface area (Å²) in [6, 6.07) is 15.8. The highest BCUT2D eigenvalue weighted by Crippen LogP contribution is 2.23. The van der Waals surface area contributed by atoms with Gasteiger partial charge in [-0.3, -0.25) is 10.2 Å². The number of aliphatic hydroxyl groups is 1. The number of aromatic nitrogens is 1. The lowest BCUT2D eigenvalue weighted by Crippen LogP contribution is -2.47. The van der Waals surface area contributed by atoms with Gasteiger partial charge in [0, 0.05) is 11.6 Å². The number of hydrogen-bond donors (Lipinski definition) is 3. The Morgan fingerprint density at radius 3 is 2.54 bits per heavy atom. The number of rotatable bonds is 12. The molecule has 3 rings (SSSR count). The number of halogens is 1. The van der Waals surface area contributed by atoms with Gasteiger partial charge in [-0.1, -0.05) is 48.0 Å². The Labute approximate surface area is 216 Å². The van der Waals surface area contributed by atoms with E-state index in [1.807, 2.05) is 30.3 Å². The fourth-order valence-corrected chi connectivity index (χ4v) is 3.25. The van der Waals surface area contributed by atoms with E-state index in [-0.39, 0.29) is 24.8 Å². The molecule has 1 atom stereocenters. The van der Waals surface area contributed by atoms with E-state index in [4.69, 9.17) is 26.0 Å². The van der Waals surface area contributed by atoms with E-state index in [1.54, 1.807) is 25.1 Å². The van der Waals surface area contributed by atoms with Crippen LogP contribution in [-0.2, 0) is 20.8 Å². The summed E-state index contributed by atoms with van der Waals surface area (Å²) in [6.45, 7) is 0.874. The van der Waals surface area contributed by atoms with Crippen molar-refractivity contribution in [3.63, 3.8) is 0 Å². The van der Waals surface area contributed by atoms with Gasteiger partial charge in [0.2, 0.25) is 12.6 Å². The molecule has 12 nitrogen and oxygen atoms in total. The standard InChI is InChI=1S/C24H24ClN3O9/c1-2-34-24(33)36-14-35-21-11-20(37-27-21)22(30)26-28(13-19(29)23(31)32)12-15-6-8-16(9-7-15)17-4-3-5-18(25)10-17/h3-11,19,29H,2,12-14H2,1H3,(H,26,30)(H,31,32)/t19-/m1/s1. The van der Waals surface area contributed by atoms with E-state index in [0.717, 1.165) is 22.8 Å². The molecule has 0 saturated heterocycles. The third-order valence-corrected chi connectivity index (χ3v) is 5.02. The van der Waals surface area contributed by atoms with Gasteiger partial charge in [0.25, 0.3) is 5.88 Å². The molecule has 1 aromatic heterocycles. The van der Waals surface area contributed by atoms with Crippen LogP contribution >= 0.6 is 11.6 Å². The topological polar surface area (TPSA) is 161 Å². The maximum Gasteiger partial charge on any atom is 0.511 e. The van der Waals surface area contributed by atoms with Crippen molar-refractivity contribution < 1.29 is 43.3 Å². The number of carboxylic acids is 1. The summed E-state index contributed by atoms with van der Waals surface area (Å²) >= 11 is 6.06. The number of aliphatic carboxylic acids is 1. The number of hydrogen-bond acceptors (Lipinski definition) is 10. The number of benzene rings is 2. The van der Waals surface area contributed by atoms with E-state index in [1.165, 1.54) is 5.01 Å². The maximum atomic E-state index is 12.7. The highest BCUT2D eigenvalue weighted by atomic mass is 35.5. The van der Waals surface area contributed by atoms with Crippen molar-refractivity contribution in [2.45, 2.75) is 19.6 Å². The number of amides is 1. The molecule has 0 fully saturated rings. The Bertz CT molecular complexity index is 1220. The highest BCUT2D eigenvalue weighted by molar-refractivity contribution is 6.30. The molecule has 0 bridgehead atoms. The molecule has 37 heavy (non-hydrogen) atoms. The number of ether oxygens (including phenoxy) is 3. The third-order valence-electron chi connectivity index (χ3n) is 4.78. The number of nitrogens with zero attached hydrogens (tertiary/aromatic N) is 2. The van der Waals surface area contributed by atoms with E-state index < -0.39 is 37.5 Å². The van der Waals surface area contributed by atoms with Crippen LogP contribution in [-0.4, -0.2) is 64.5 Å². The van der Waals surface area contributed by atoms with Gasteiger partial charge in [0.15, 0.2) is 6.10 Å². The van der Waals surface area contributed by atoms with Gasteiger partial charge in [-0.25, -0.2) is 14.6 Å². The minimum atomic E-state index is -1.76. The van der Waals surface area contributed by atoms with Gasteiger partial charge in [0.05, 0.1) is 19.2 Å². The number of carboxylic acid groups (broad SMARTS) is 1. The molecule has 0 unspecified atom stereocenters. The second kappa shape index (κ2) is 13.3. The monoisotopic (exact) mass is 533 g/mol. The number of hydrazine groups is 1. The number of aliphatic hydroxyl groups excluding tert-OH is 1. The summed E-state index contributed by atoms with van der Waals surface area (Å²) in [4.78, 5) is 35.0. The first-order chi connectivity index (χ1) is 17.7. The Hall–Kier alpha value is -4.13. The predicted octanol–water partition coefficient (Wildman–Crippen LogP) is 3.10. The Morgan fingerprint density at radius 2 is 1.86 bits per heavy atom. The molecule has 196 valence electrons. The van der Waals surface area contributed by atoms with Gasteiger partial charge >= 0.3 is 18.0 Å². The fourth-order valence-electron chi connectivity index (χ4n) is 3.06.